The Labute approximate surface area is 103 Å². The van der Waals surface area contributed by atoms with Crippen molar-refractivity contribution >= 4 is 29.2 Å². The van der Waals surface area contributed by atoms with E-state index in [1.54, 1.807) is 6.92 Å². The fourth-order valence-electron chi connectivity index (χ4n) is 1.19. The minimum atomic E-state index is -1.13. The topological polar surface area (TPSA) is 75.6 Å². The van der Waals surface area contributed by atoms with Crippen LogP contribution in [0, 0.1) is 0 Å². The molecule has 0 spiro atoms. The van der Waals surface area contributed by atoms with Crippen LogP contribution in [0.15, 0.2) is 18.2 Å². The molecule has 0 radical (unpaired) electrons. The molecule has 0 saturated heterocycles. The summed E-state index contributed by atoms with van der Waals surface area (Å²) in [5, 5.41) is 11.7. The van der Waals surface area contributed by atoms with Gasteiger partial charge in [-0.2, -0.15) is 0 Å². The van der Waals surface area contributed by atoms with Crippen molar-refractivity contribution in [3.05, 3.63) is 28.8 Å². The predicted molar refractivity (Wildman–Crippen MR) is 63.5 cm³/mol. The summed E-state index contributed by atoms with van der Waals surface area (Å²) >= 11 is 5.73. The van der Waals surface area contributed by atoms with E-state index in [9.17, 15) is 9.59 Å². The molecule has 1 amide bonds. The summed E-state index contributed by atoms with van der Waals surface area (Å²) in [6.07, 6.45) is 0. The number of halogens is 1. The van der Waals surface area contributed by atoms with Crippen LogP contribution in [0.1, 0.15) is 17.3 Å². The molecule has 5 nitrogen and oxygen atoms in total. The Kier molecular flexibility index (Phi) is 4.93. The van der Waals surface area contributed by atoms with Crippen molar-refractivity contribution in [2.75, 3.05) is 18.5 Å². The summed E-state index contributed by atoms with van der Waals surface area (Å²) in [7, 11) is 0. The summed E-state index contributed by atoms with van der Waals surface area (Å²) in [6, 6.07) is 4.17. The van der Waals surface area contributed by atoms with Gasteiger partial charge in [0.05, 0.1) is 11.3 Å². The number of anilines is 1. The number of nitrogens with one attached hydrogen (secondary N) is 1. The first-order chi connectivity index (χ1) is 8.04. The van der Waals surface area contributed by atoms with Gasteiger partial charge in [0.2, 0.25) is 5.91 Å². The highest BCUT2D eigenvalue weighted by Crippen LogP contribution is 2.21. The van der Waals surface area contributed by atoms with Crippen LogP contribution in [0.2, 0.25) is 5.02 Å². The van der Waals surface area contributed by atoms with Crippen molar-refractivity contribution < 1.29 is 19.4 Å². The van der Waals surface area contributed by atoms with Gasteiger partial charge in [-0.3, -0.25) is 4.79 Å². The summed E-state index contributed by atoms with van der Waals surface area (Å²) in [4.78, 5) is 22.3. The molecule has 6 heteroatoms. The molecule has 1 rings (SSSR count). The Bertz CT molecular complexity index is 433. The smallest absolute Gasteiger partial charge is 0.337 e. The molecule has 0 aromatic heterocycles. The van der Waals surface area contributed by atoms with E-state index in [0.29, 0.717) is 11.6 Å². The maximum Gasteiger partial charge on any atom is 0.337 e. The van der Waals surface area contributed by atoms with Gasteiger partial charge in [-0.25, -0.2) is 4.79 Å². The molecular formula is C11H12ClNO4. The molecule has 17 heavy (non-hydrogen) atoms. The lowest BCUT2D eigenvalue weighted by Crippen LogP contribution is -2.19. The lowest BCUT2D eigenvalue weighted by atomic mass is 10.2. The van der Waals surface area contributed by atoms with E-state index >= 15 is 0 Å². The molecule has 0 unspecified atom stereocenters. The van der Waals surface area contributed by atoms with Crippen LogP contribution < -0.4 is 5.32 Å². The van der Waals surface area contributed by atoms with Crippen molar-refractivity contribution in [2.24, 2.45) is 0 Å². The fourth-order valence-corrected chi connectivity index (χ4v) is 1.36. The van der Waals surface area contributed by atoms with Gasteiger partial charge in [-0.15, -0.1) is 0 Å². The lowest BCUT2D eigenvalue weighted by molar-refractivity contribution is -0.120. The Balaban J connectivity index is 2.85. The molecule has 1 aromatic rings. The van der Waals surface area contributed by atoms with Crippen LogP contribution in [-0.4, -0.2) is 30.2 Å². The van der Waals surface area contributed by atoms with Crippen LogP contribution in [0.5, 0.6) is 0 Å². The lowest BCUT2D eigenvalue weighted by Gasteiger charge is -2.08. The standard InChI is InChI=1S/C11H12ClNO4/c1-2-17-6-10(14)13-9-5-7(12)3-4-8(9)11(15)16/h3-5H,2,6H2,1H3,(H,13,14)(H,15,16). The second kappa shape index (κ2) is 6.22. The van der Waals surface area contributed by atoms with E-state index in [0.717, 1.165) is 0 Å². The summed E-state index contributed by atoms with van der Waals surface area (Å²) in [5.41, 5.74) is 0.147. The highest BCUT2D eigenvalue weighted by Gasteiger charge is 2.12. The molecule has 0 atom stereocenters. The number of carbonyl (C=O) groups excluding carboxylic acids is 1. The third-order valence-electron chi connectivity index (χ3n) is 1.92. The number of carboxylic acid groups (broad SMARTS) is 1. The van der Waals surface area contributed by atoms with E-state index in [1.165, 1.54) is 18.2 Å². The first-order valence-electron chi connectivity index (χ1n) is 4.95. The van der Waals surface area contributed by atoms with Crippen LogP contribution >= 0.6 is 11.6 Å². The molecule has 2 N–H and O–H groups in total. The second-order valence-corrected chi connectivity index (χ2v) is 3.62. The Hall–Kier alpha value is -1.59. The molecule has 0 bridgehead atoms. The van der Waals surface area contributed by atoms with E-state index < -0.39 is 11.9 Å². The maximum atomic E-state index is 11.4. The number of rotatable bonds is 5. The SMILES string of the molecule is CCOCC(=O)Nc1cc(Cl)ccc1C(=O)O. The van der Waals surface area contributed by atoms with Crippen LogP contribution in [0.4, 0.5) is 5.69 Å². The minimum absolute atomic E-state index is 0.0146. The van der Waals surface area contributed by atoms with Crippen LogP contribution in [-0.2, 0) is 9.53 Å². The number of hydrogen-bond donors (Lipinski definition) is 2. The molecule has 0 fully saturated rings. The quantitative estimate of drug-likeness (QED) is 0.846. The van der Waals surface area contributed by atoms with Gasteiger partial charge in [0.1, 0.15) is 6.61 Å². The van der Waals surface area contributed by atoms with E-state index in [1.807, 2.05) is 0 Å². The number of aromatic carboxylic acids is 1. The predicted octanol–water partition coefficient (Wildman–Crippen LogP) is 2.01. The average Bonchev–Trinajstić information content (AvgIpc) is 2.26. The third-order valence-corrected chi connectivity index (χ3v) is 2.16. The van der Waals surface area contributed by atoms with Gasteiger partial charge in [0.15, 0.2) is 0 Å². The molecule has 92 valence electrons. The van der Waals surface area contributed by atoms with Gasteiger partial charge in [0, 0.05) is 11.6 Å². The normalized spacial score (nSPS) is 10.0. The summed E-state index contributed by atoms with van der Waals surface area (Å²) < 4.78 is 4.91. The first kappa shape index (κ1) is 13.5. The van der Waals surface area contributed by atoms with Crippen molar-refractivity contribution in [2.45, 2.75) is 6.92 Å². The van der Waals surface area contributed by atoms with Crippen molar-refractivity contribution in [1.29, 1.82) is 0 Å². The highest BCUT2D eigenvalue weighted by molar-refractivity contribution is 6.31. The average molecular weight is 258 g/mol. The summed E-state index contributed by atoms with van der Waals surface area (Å²) in [5.74, 6) is -1.55. The van der Waals surface area contributed by atoms with Gasteiger partial charge in [0.25, 0.3) is 0 Å². The Morgan fingerprint density at radius 1 is 1.47 bits per heavy atom. The number of benzene rings is 1. The number of carbonyl (C=O) groups is 2. The molecule has 0 aliphatic rings. The van der Waals surface area contributed by atoms with Gasteiger partial charge >= 0.3 is 5.97 Å². The molecule has 0 saturated carbocycles. The van der Waals surface area contributed by atoms with Crippen LogP contribution in [0.3, 0.4) is 0 Å². The van der Waals surface area contributed by atoms with Crippen molar-refractivity contribution in [3.63, 3.8) is 0 Å². The van der Waals surface area contributed by atoms with Crippen LogP contribution in [0.25, 0.3) is 0 Å². The van der Waals surface area contributed by atoms with Gasteiger partial charge < -0.3 is 15.2 Å². The fraction of sp³-hybridized carbons (Fsp3) is 0.273. The number of amides is 1. The number of ether oxygens (including phenoxy) is 1. The van der Waals surface area contributed by atoms with E-state index in [4.69, 9.17) is 21.4 Å². The molecular weight excluding hydrogens is 246 g/mol. The zero-order valence-electron chi connectivity index (χ0n) is 9.20. The maximum absolute atomic E-state index is 11.4. The molecule has 0 heterocycles. The molecule has 1 aromatic carbocycles. The highest BCUT2D eigenvalue weighted by atomic mass is 35.5. The monoisotopic (exact) mass is 257 g/mol. The third kappa shape index (κ3) is 4.05. The zero-order valence-corrected chi connectivity index (χ0v) is 9.95. The molecule has 0 aliphatic heterocycles. The molecule has 0 aliphatic carbocycles. The van der Waals surface area contributed by atoms with E-state index in [-0.39, 0.29) is 17.9 Å². The van der Waals surface area contributed by atoms with Gasteiger partial charge in [-0.1, -0.05) is 11.6 Å². The second-order valence-electron chi connectivity index (χ2n) is 3.18. The number of carboxylic acids is 1. The minimum Gasteiger partial charge on any atom is -0.478 e. The van der Waals surface area contributed by atoms with Crippen molar-refractivity contribution in [1.82, 2.24) is 0 Å². The zero-order chi connectivity index (χ0) is 12.8. The first-order valence-corrected chi connectivity index (χ1v) is 5.32. The Morgan fingerprint density at radius 3 is 2.76 bits per heavy atom. The summed E-state index contributed by atoms with van der Waals surface area (Å²) in [6.45, 7) is 2.05. The van der Waals surface area contributed by atoms with Crippen molar-refractivity contribution in [3.8, 4) is 0 Å². The Morgan fingerprint density at radius 2 is 2.18 bits per heavy atom. The number of hydrogen-bond acceptors (Lipinski definition) is 3. The van der Waals surface area contributed by atoms with Gasteiger partial charge in [-0.05, 0) is 25.1 Å². The van der Waals surface area contributed by atoms with E-state index in [2.05, 4.69) is 5.32 Å². The largest absolute Gasteiger partial charge is 0.478 e.